The molecule has 0 spiro atoms. The van der Waals surface area contributed by atoms with E-state index in [2.05, 4.69) is 22.0 Å². The summed E-state index contributed by atoms with van der Waals surface area (Å²) in [4.78, 5) is 8.61. The second kappa shape index (κ2) is 9.28. The molecule has 0 unspecified atom stereocenters. The summed E-state index contributed by atoms with van der Waals surface area (Å²) in [6.45, 7) is 3.50. The highest BCUT2D eigenvalue weighted by Gasteiger charge is 2.22. The second-order valence-corrected chi connectivity index (χ2v) is 8.48. The summed E-state index contributed by atoms with van der Waals surface area (Å²) < 4.78 is 14.0. The van der Waals surface area contributed by atoms with Crippen LogP contribution in [0.4, 0.5) is 10.1 Å². The summed E-state index contributed by atoms with van der Waals surface area (Å²) in [5, 5.41) is 8.97. The smallest absolute Gasteiger partial charge is 0.142 e. The standard InChI is InChI=1S/C23H24Cl2FN5/c24-18-7-8-19(26)22(25)17(18)14-31-12-9-29-23(28)21(31)13-20(27)15-3-5-16(6-4-15)30-10-1-2-11-30/h3-8,13,27H,1-2,9-12,14H2,(H2,28,29)/b21-13+,27-20?. The molecule has 0 atom stereocenters. The fourth-order valence-corrected chi connectivity index (χ4v) is 4.43. The Bertz CT molecular complexity index is 1040. The maximum Gasteiger partial charge on any atom is 0.142 e. The van der Waals surface area contributed by atoms with E-state index >= 15 is 0 Å². The van der Waals surface area contributed by atoms with Gasteiger partial charge in [0.2, 0.25) is 0 Å². The van der Waals surface area contributed by atoms with E-state index < -0.39 is 5.82 Å². The molecule has 0 aromatic heterocycles. The number of hydrogen-bond donors (Lipinski definition) is 2. The molecule has 4 rings (SSSR count). The van der Waals surface area contributed by atoms with Crippen LogP contribution in [-0.2, 0) is 6.54 Å². The van der Waals surface area contributed by atoms with E-state index in [4.69, 9.17) is 34.3 Å². The quantitative estimate of drug-likeness (QED) is 0.495. The first-order valence-corrected chi connectivity index (χ1v) is 11.0. The summed E-state index contributed by atoms with van der Waals surface area (Å²) in [6.07, 6.45) is 4.14. The van der Waals surface area contributed by atoms with Gasteiger partial charge in [0.15, 0.2) is 0 Å². The number of anilines is 1. The highest BCUT2D eigenvalue weighted by atomic mass is 35.5. The van der Waals surface area contributed by atoms with Crippen LogP contribution in [0.2, 0.25) is 10.0 Å². The summed E-state index contributed by atoms with van der Waals surface area (Å²) in [7, 11) is 0. The summed E-state index contributed by atoms with van der Waals surface area (Å²) in [5.74, 6) is -0.176. The SMILES string of the molecule is N=C(/C=C1\C(N)=NCCN1Cc1c(Cl)ccc(F)c1Cl)c1ccc(N2CCCC2)cc1. The van der Waals surface area contributed by atoms with Crippen LogP contribution in [0.3, 0.4) is 0 Å². The van der Waals surface area contributed by atoms with Gasteiger partial charge in [-0.3, -0.25) is 4.99 Å². The molecule has 162 valence electrons. The van der Waals surface area contributed by atoms with Crippen LogP contribution in [-0.4, -0.2) is 42.6 Å². The van der Waals surface area contributed by atoms with Gasteiger partial charge in [-0.15, -0.1) is 0 Å². The lowest BCUT2D eigenvalue weighted by Crippen LogP contribution is -2.38. The Kier molecular flexibility index (Phi) is 6.49. The van der Waals surface area contributed by atoms with Gasteiger partial charge in [0.05, 0.1) is 23.0 Å². The second-order valence-electron chi connectivity index (χ2n) is 7.69. The van der Waals surface area contributed by atoms with Crippen LogP contribution in [0.15, 0.2) is 53.2 Å². The Labute approximate surface area is 191 Å². The molecular weight excluding hydrogens is 436 g/mol. The molecule has 0 aliphatic carbocycles. The van der Waals surface area contributed by atoms with Gasteiger partial charge >= 0.3 is 0 Å². The zero-order chi connectivity index (χ0) is 22.0. The predicted octanol–water partition coefficient (Wildman–Crippen LogP) is 4.86. The third-order valence-electron chi connectivity index (χ3n) is 5.67. The Balaban J connectivity index is 1.58. The van der Waals surface area contributed by atoms with Crippen molar-refractivity contribution in [2.24, 2.45) is 10.7 Å². The Morgan fingerprint density at radius 1 is 1.10 bits per heavy atom. The molecule has 2 aromatic carbocycles. The molecule has 0 bridgehead atoms. The third kappa shape index (κ3) is 4.70. The van der Waals surface area contributed by atoms with E-state index in [-0.39, 0.29) is 11.6 Å². The van der Waals surface area contributed by atoms with Crippen molar-refractivity contribution in [1.82, 2.24) is 4.90 Å². The van der Waals surface area contributed by atoms with Gasteiger partial charge in [0.25, 0.3) is 0 Å². The van der Waals surface area contributed by atoms with Crippen molar-refractivity contribution in [3.63, 3.8) is 0 Å². The van der Waals surface area contributed by atoms with Crippen molar-refractivity contribution in [1.29, 1.82) is 5.41 Å². The summed E-state index contributed by atoms with van der Waals surface area (Å²) in [6, 6.07) is 10.7. The van der Waals surface area contributed by atoms with Crippen molar-refractivity contribution in [2.45, 2.75) is 19.4 Å². The van der Waals surface area contributed by atoms with E-state index in [0.717, 1.165) is 18.7 Å². The maximum absolute atomic E-state index is 14.0. The summed E-state index contributed by atoms with van der Waals surface area (Å²) >= 11 is 12.4. The number of nitrogens with zero attached hydrogens (tertiary/aromatic N) is 3. The van der Waals surface area contributed by atoms with Crippen LogP contribution < -0.4 is 10.6 Å². The third-order valence-corrected chi connectivity index (χ3v) is 6.44. The lowest BCUT2D eigenvalue weighted by Gasteiger charge is -2.30. The van der Waals surface area contributed by atoms with Crippen molar-refractivity contribution in [2.75, 3.05) is 31.1 Å². The monoisotopic (exact) mass is 459 g/mol. The van der Waals surface area contributed by atoms with E-state index in [1.165, 1.54) is 30.7 Å². The Hall–Kier alpha value is -2.57. The molecule has 0 saturated carbocycles. The number of hydrogen-bond acceptors (Lipinski definition) is 5. The van der Waals surface area contributed by atoms with Gasteiger partial charge in [0.1, 0.15) is 11.7 Å². The predicted molar refractivity (Wildman–Crippen MR) is 126 cm³/mol. The summed E-state index contributed by atoms with van der Waals surface area (Å²) in [5.41, 5.74) is 9.55. The number of rotatable bonds is 5. The molecule has 0 radical (unpaired) electrons. The molecule has 2 aliphatic rings. The maximum atomic E-state index is 14.0. The van der Waals surface area contributed by atoms with Gasteiger partial charge in [-0.25, -0.2) is 4.39 Å². The van der Waals surface area contributed by atoms with E-state index in [0.29, 0.717) is 40.9 Å². The van der Waals surface area contributed by atoms with Crippen LogP contribution in [0.5, 0.6) is 0 Å². The number of halogens is 3. The van der Waals surface area contributed by atoms with Gasteiger partial charge < -0.3 is 20.9 Å². The van der Waals surface area contributed by atoms with Crippen molar-refractivity contribution >= 4 is 40.4 Å². The molecule has 2 aromatic rings. The van der Waals surface area contributed by atoms with E-state index in [1.54, 1.807) is 6.08 Å². The number of benzene rings is 2. The molecule has 1 fully saturated rings. The fraction of sp³-hybridized carbons (Fsp3) is 0.304. The van der Waals surface area contributed by atoms with Crippen LogP contribution in [0.1, 0.15) is 24.0 Å². The van der Waals surface area contributed by atoms with E-state index in [1.807, 2.05) is 17.0 Å². The highest BCUT2D eigenvalue weighted by Crippen LogP contribution is 2.30. The first-order chi connectivity index (χ1) is 14.9. The normalized spacial score (nSPS) is 17.9. The molecule has 2 aliphatic heterocycles. The Morgan fingerprint density at radius 3 is 2.52 bits per heavy atom. The zero-order valence-corrected chi connectivity index (χ0v) is 18.6. The molecule has 5 nitrogen and oxygen atoms in total. The number of nitrogens with one attached hydrogen (secondary N) is 1. The molecule has 8 heteroatoms. The molecule has 0 amide bonds. The zero-order valence-electron chi connectivity index (χ0n) is 17.0. The number of aliphatic imine (C=N–C) groups is 1. The molecule has 2 heterocycles. The first kappa shape index (κ1) is 21.7. The minimum atomic E-state index is -0.518. The number of amidine groups is 1. The Morgan fingerprint density at radius 2 is 1.81 bits per heavy atom. The number of nitrogens with two attached hydrogens (primary N) is 1. The van der Waals surface area contributed by atoms with E-state index in [9.17, 15) is 4.39 Å². The lowest BCUT2D eigenvalue weighted by atomic mass is 10.1. The molecule has 1 saturated heterocycles. The minimum absolute atomic E-state index is 0.000474. The van der Waals surface area contributed by atoms with Crippen LogP contribution in [0, 0.1) is 11.2 Å². The van der Waals surface area contributed by atoms with Gasteiger partial charge in [0, 0.05) is 42.5 Å². The molecule has 3 N–H and O–H groups in total. The highest BCUT2D eigenvalue weighted by molar-refractivity contribution is 6.36. The first-order valence-electron chi connectivity index (χ1n) is 10.3. The van der Waals surface area contributed by atoms with Crippen LogP contribution >= 0.6 is 23.2 Å². The van der Waals surface area contributed by atoms with Crippen molar-refractivity contribution in [3.8, 4) is 0 Å². The van der Waals surface area contributed by atoms with Gasteiger partial charge in [-0.05, 0) is 48.7 Å². The average Bonchev–Trinajstić information content (AvgIpc) is 3.31. The molecule has 31 heavy (non-hydrogen) atoms. The minimum Gasteiger partial charge on any atom is -0.382 e. The lowest BCUT2D eigenvalue weighted by molar-refractivity contribution is 0.352. The van der Waals surface area contributed by atoms with Gasteiger partial charge in [-0.2, -0.15) is 0 Å². The van der Waals surface area contributed by atoms with Gasteiger partial charge in [-0.1, -0.05) is 35.3 Å². The average molecular weight is 460 g/mol. The molecular formula is C23H24Cl2FN5. The van der Waals surface area contributed by atoms with Crippen molar-refractivity contribution < 1.29 is 4.39 Å². The fourth-order valence-electron chi connectivity index (χ4n) is 3.94. The van der Waals surface area contributed by atoms with Crippen LogP contribution in [0.25, 0.3) is 0 Å². The largest absolute Gasteiger partial charge is 0.382 e. The van der Waals surface area contributed by atoms with Crippen molar-refractivity contribution in [3.05, 3.63) is 75.2 Å². The number of allylic oxidation sites excluding steroid dienone is 1. The topological polar surface area (TPSA) is 68.7 Å².